The Morgan fingerprint density at radius 1 is 1.33 bits per heavy atom. The third-order valence-electron chi connectivity index (χ3n) is 3.85. The van der Waals surface area contributed by atoms with Gasteiger partial charge in [-0.15, -0.1) is 16.8 Å². The summed E-state index contributed by atoms with van der Waals surface area (Å²) < 4.78 is 0. The molecule has 1 aromatic rings. The van der Waals surface area contributed by atoms with E-state index in [9.17, 15) is 4.79 Å². The molecule has 1 aromatic heterocycles. The highest BCUT2D eigenvalue weighted by Gasteiger charge is 2.32. The molecular formula is C13H17N3OS. The van der Waals surface area contributed by atoms with E-state index >= 15 is 0 Å². The molecule has 2 heterocycles. The normalized spacial score (nSPS) is 25.0. The summed E-state index contributed by atoms with van der Waals surface area (Å²) in [4.78, 5) is 13.7. The maximum Gasteiger partial charge on any atom is 0.229 e. The van der Waals surface area contributed by atoms with Crippen LogP contribution in [0.2, 0.25) is 0 Å². The fraction of sp³-hybridized carbons (Fsp3) is 0.615. The van der Waals surface area contributed by atoms with Crippen LogP contribution in [-0.4, -0.2) is 22.6 Å². The van der Waals surface area contributed by atoms with Gasteiger partial charge in [0.2, 0.25) is 11.0 Å². The third-order valence-corrected chi connectivity index (χ3v) is 4.96. The van der Waals surface area contributed by atoms with Gasteiger partial charge in [0.25, 0.3) is 0 Å². The minimum absolute atomic E-state index is 0.147. The first kappa shape index (κ1) is 11.8. The van der Waals surface area contributed by atoms with Crippen molar-refractivity contribution in [1.82, 2.24) is 10.2 Å². The number of carbonyl (C=O) groups is 1. The van der Waals surface area contributed by atoms with Gasteiger partial charge in [0.1, 0.15) is 5.01 Å². The summed E-state index contributed by atoms with van der Waals surface area (Å²) in [5.74, 6) is 0.981. The molecule has 5 heteroatoms. The Hall–Kier alpha value is -1.23. The second-order valence-electron chi connectivity index (χ2n) is 5.11. The molecule has 1 unspecified atom stereocenters. The lowest BCUT2D eigenvalue weighted by atomic mass is 10.1. The van der Waals surface area contributed by atoms with Gasteiger partial charge in [0.05, 0.1) is 0 Å². The van der Waals surface area contributed by atoms with Gasteiger partial charge in [-0.25, -0.2) is 0 Å². The van der Waals surface area contributed by atoms with Crippen molar-refractivity contribution in [3.63, 3.8) is 0 Å². The van der Waals surface area contributed by atoms with E-state index in [0.29, 0.717) is 18.9 Å². The number of anilines is 1. The van der Waals surface area contributed by atoms with E-state index < -0.39 is 0 Å². The van der Waals surface area contributed by atoms with Crippen molar-refractivity contribution in [1.29, 1.82) is 0 Å². The van der Waals surface area contributed by atoms with Crippen LogP contribution in [0.3, 0.4) is 0 Å². The smallest absolute Gasteiger partial charge is 0.229 e. The van der Waals surface area contributed by atoms with Gasteiger partial charge in [0.15, 0.2) is 0 Å². The molecule has 1 saturated heterocycles. The van der Waals surface area contributed by atoms with Crippen molar-refractivity contribution in [2.24, 2.45) is 5.92 Å². The van der Waals surface area contributed by atoms with E-state index in [1.165, 1.54) is 25.7 Å². The Morgan fingerprint density at radius 2 is 2.11 bits per heavy atom. The van der Waals surface area contributed by atoms with Gasteiger partial charge in [0, 0.05) is 24.8 Å². The van der Waals surface area contributed by atoms with Crippen molar-refractivity contribution in [2.75, 3.05) is 11.4 Å². The minimum Gasteiger partial charge on any atom is -0.286 e. The number of aromatic nitrogens is 2. The van der Waals surface area contributed by atoms with Crippen LogP contribution in [-0.2, 0) is 4.79 Å². The van der Waals surface area contributed by atoms with Gasteiger partial charge in [-0.2, -0.15) is 0 Å². The second-order valence-corrected chi connectivity index (χ2v) is 6.10. The summed E-state index contributed by atoms with van der Waals surface area (Å²) in [6.07, 6.45) is 7.44. The third kappa shape index (κ3) is 2.07. The summed E-state index contributed by atoms with van der Waals surface area (Å²) in [5.41, 5.74) is 0. The predicted octanol–water partition coefficient (Wildman–Crippen LogP) is 2.73. The van der Waals surface area contributed by atoms with Gasteiger partial charge in [-0.3, -0.25) is 9.69 Å². The zero-order valence-electron chi connectivity index (χ0n) is 10.3. The summed E-state index contributed by atoms with van der Waals surface area (Å²) in [6, 6.07) is 0. The fourth-order valence-corrected chi connectivity index (χ4v) is 3.79. The Bertz CT molecular complexity index is 465. The monoisotopic (exact) mass is 263 g/mol. The average molecular weight is 263 g/mol. The van der Waals surface area contributed by atoms with E-state index in [-0.39, 0.29) is 11.8 Å². The number of carbonyl (C=O) groups excluding carboxylic acids is 1. The van der Waals surface area contributed by atoms with Gasteiger partial charge in [-0.05, 0) is 12.8 Å². The maximum absolute atomic E-state index is 11.9. The molecule has 2 aliphatic rings. The van der Waals surface area contributed by atoms with E-state index in [1.54, 1.807) is 16.2 Å². The molecule has 1 aliphatic heterocycles. The molecule has 96 valence electrons. The zero-order valence-corrected chi connectivity index (χ0v) is 11.2. The number of nitrogens with zero attached hydrogens (tertiary/aromatic N) is 3. The van der Waals surface area contributed by atoms with Crippen LogP contribution in [0.1, 0.15) is 43.0 Å². The molecule has 1 amide bonds. The van der Waals surface area contributed by atoms with Gasteiger partial charge in [-0.1, -0.05) is 30.3 Å². The first-order valence-corrected chi connectivity index (χ1v) is 7.36. The van der Waals surface area contributed by atoms with E-state index in [4.69, 9.17) is 0 Å². The molecule has 18 heavy (non-hydrogen) atoms. The first-order valence-electron chi connectivity index (χ1n) is 6.54. The van der Waals surface area contributed by atoms with E-state index in [2.05, 4.69) is 16.8 Å². The SMILES string of the molecule is C=CC1CC(=O)N(c2nnc(C3CCCC3)s2)C1. The maximum atomic E-state index is 11.9. The zero-order chi connectivity index (χ0) is 12.5. The average Bonchev–Trinajstić information content (AvgIpc) is 3.08. The molecular weight excluding hydrogens is 246 g/mol. The molecule has 1 atom stereocenters. The molecule has 2 fully saturated rings. The van der Waals surface area contributed by atoms with Crippen LogP contribution in [0, 0.1) is 5.92 Å². The lowest BCUT2D eigenvalue weighted by Crippen LogP contribution is -2.24. The van der Waals surface area contributed by atoms with Crippen molar-refractivity contribution < 1.29 is 4.79 Å². The number of amides is 1. The Kier molecular flexibility index (Phi) is 3.16. The molecule has 4 nitrogen and oxygen atoms in total. The lowest BCUT2D eigenvalue weighted by molar-refractivity contribution is -0.117. The Labute approximate surface area is 111 Å². The summed E-state index contributed by atoms with van der Waals surface area (Å²) in [5, 5.41) is 10.4. The van der Waals surface area contributed by atoms with Crippen molar-refractivity contribution >= 4 is 22.4 Å². The highest BCUT2D eigenvalue weighted by Crippen LogP contribution is 2.38. The highest BCUT2D eigenvalue weighted by atomic mass is 32.1. The van der Waals surface area contributed by atoms with Crippen LogP contribution in [0.4, 0.5) is 5.13 Å². The van der Waals surface area contributed by atoms with Crippen LogP contribution >= 0.6 is 11.3 Å². The van der Waals surface area contributed by atoms with Crippen LogP contribution < -0.4 is 4.90 Å². The standard InChI is InChI=1S/C13H17N3OS/c1-2-9-7-11(17)16(8-9)13-15-14-12(18-13)10-5-3-4-6-10/h2,9-10H,1,3-8H2. The van der Waals surface area contributed by atoms with Crippen LogP contribution in [0.25, 0.3) is 0 Å². The largest absolute Gasteiger partial charge is 0.286 e. The number of hydrogen-bond acceptors (Lipinski definition) is 4. The number of rotatable bonds is 3. The van der Waals surface area contributed by atoms with Gasteiger partial charge >= 0.3 is 0 Å². The van der Waals surface area contributed by atoms with E-state index in [1.807, 2.05) is 6.08 Å². The van der Waals surface area contributed by atoms with Gasteiger partial charge < -0.3 is 0 Å². The number of hydrogen-bond donors (Lipinski definition) is 0. The Morgan fingerprint density at radius 3 is 2.78 bits per heavy atom. The van der Waals surface area contributed by atoms with Crippen molar-refractivity contribution in [3.05, 3.63) is 17.7 Å². The summed E-state index contributed by atoms with van der Waals surface area (Å²) in [7, 11) is 0. The molecule has 1 aliphatic carbocycles. The van der Waals surface area contributed by atoms with Crippen molar-refractivity contribution in [3.8, 4) is 0 Å². The minimum atomic E-state index is 0.147. The molecule has 0 aromatic carbocycles. The molecule has 3 rings (SSSR count). The topological polar surface area (TPSA) is 46.1 Å². The Balaban J connectivity index is 1.76. The van der Waals surface area contributed by atoms with Crippen LogP contribution in [0.5, 0.6) is 0 Å². The lowest BCUT2D eigenvalue weighted by Gasteiger charge is -2.10. The molecule has 0 radical (unpaired) electrons. The highest BCUT2D eigenvalue weighted by molar-refractivity contribution is 7.15. The van der Waals surface area contributed by atoms with Crippen molar-refractivity contribution in [2.45, 2.75) is 38.0 Å². The fourth-order valence-electron chi connectivity index (χ4n) is 2.75. The van der Waals surface area contributed by atoms with E-state index in [0.717, 1.165) is 10.1 Å². The predicted molar refractivity (Wildman–Crippen MR) is 71.8 cm³/mol. The quantitative estimate of drug-likeness (QED) is 0.788. The molecule has 0 N–H and O–H groups in total. The molecule has 0 bridgehead atoms. The second kappa shape index (κ2) is 4.80. The van der Waals surface area contributed by atoms with Crippen LogP contribution in [0.15, 0.2) is 12.7 Å². The molecule has 1 saturated carbocycles. The summed E-state index contributed by atoms with van der Waals surface area (Å²) in [6.45, 7) is 4.47. The first-order chi connectivity index (χ1) is 8.78. The summed E-state index contributed by atoms with van der Waals surface area (Å²) >= 11 is 1.59. The molecule has 0 spiro atoms.